The Balaban J connectivity index is 1.51. The molecule has 0 bridgehead atoms. The minimum atomic E-state index is -5.66. The minimum Gasteiger partial charge on any atom is -0.463 e. The van der Waals surface area contributed by atoms with Gasteiger partial charge in [0.1, 0.15) is 11.9 Å². The number of allylic oxidation sites excluding steroid dienone is 2. The van der Waals surface area contributed by atoms with Crippen molar-refractivity contribution in [3.8, 4) is 0 Å². The van der Waals surface area contributed by atoms with E-state index < -0.39 is 21.0 Å². The molecule has 2 unspecified atom stereocenters. The van der Waals surface area contributed by atoms with Crippen molar-refractivity contribution < 1.29 is 35.3 Å². The maximum atomic E-state index is 12.9. The lowest BCUT2D eigenvalue weighted by molar-refractivity contribution is -0.159. The van der Waals surface area contributed by atoms with Crippen LogP contribution in [-0.4, -0.2) is 26.0 Å². The number of fused-ring (bicyclic) bond motifs is 5. The zero-order valence-electron chi connectivity index (χ0n) is 18.2. The Morgan fingerprint density at radius 2 is 1.81 bits per heavy atom. The minimum absolute atomic E-state index is 0.0262. The van der Waals surface area contributed by atoms with Crippen molar-refractivity contribution in [2.75, 3.05) is 0 Å². The van der Waals surface area contributed by atoms with E-state index in [0.717, 1.165) is 38.5 Å². The second-order valence-corrected chi connectivity index (χ2v) is 11.9. The van der Waals surface area contributed by atoms with Gasteiger partial charge in [0.15, 0.2) is 0 Å². The number of hydrogen-bond acceptors (Lipinski definition) is 5. The largest absolute Gasteiger partial charge is 0.534 e. The zero-order valence-corrected chi connectivity index (χ0v) is 19.0. The number of halogens is 3. The fourth-order valence-corrected chi connectivity index (χ4v) is 7.97. The summed E-state index contributed by atoms with van der Waals surface area (Å²) in [5.41, 5.74) is -5.99. The van der Waals surface area contributed by atoms with E-state index in [1.165, 1.54) is 6.92 Å². The molecule has 3 fully saturated rings. The van der Waals surface area contributed by atoms with E-state index in [4.69, 9.17) is 4.74 Å². The molecular formula is C22H31F3O5S. The third-order valence-corrected chi connectivity index (χ3v) is 9.91. The van der Waals surface area contributed by atoms with E-state index in [1.54, 1.807) is 6.08 Å². The van der Waals surface area contributed by atoms with E-state index in [1.807, 2.05) is 6.92 Å². The van der Waals surface area contributed by atoms with Crippen LogP contribution in [0.1, 0.15) is 72.1 Å². The van der Waals surface area contributed by atoms with Crippen LogP contribution in [0.15, 0.2) is 11.8 Å². The van der Waals surface area contributed by atoms with Gasteiger partial charge in [-0.15, -0.1) is 0 Å². The monoisotopic (exact) mass is 464 g/mol. The molecule has 5 nitrogen and oxygen atoms in total. The van der Waals surface area contributed by atoms with Crippen molar-refractivity contribution in [1.29, 1.82) is 0 Å². The summed E-state index contributed by atoms with van der Waals surface area (Å²) < 4.78 is 72.0. The molecule has 0 amide bonds. The Labute approximate surface area is 181 Å². The van der Waals surface area contributed by atoms with Gasteiger partial charge >= 0.3 is 21.6 Å². The highest BCUT2D eigenvalue weighted by Gasteiger charge is 2.61. The number of ether oxygens (including phenoxy) is 1. The standard InChI is InChI=1S/C22H31F3O5S/c1-13(26)29-15-8-10-20(2)14(12-15)4-5-16-17-6-7-19(21(17,3)11-9-18(16)20)30-31(27,28)22(23,24)25/h7,14-18H,4-6,8-12H2,1-3H3/t14?,15?,16-,17-,18-,20-,21-/m0/s1. The highest BCUT2D eigenvalue weighted by Crippen LogP contribution is 2.66. The van der Waals surface area contributed by atoms with Gasteiger partial charge in [0, 0.05) is 12.3 Å². The number of esters is 1. The highest BCUT2D eigenvalue weighted by atomic mass is 32.2. The number of hydrogen-bond donors (Lipinski definition) is 0. The lowest BCUT2D eigenvalue weighted by Gasteiger charge is -2.60. The summed E-state index contributed by atoms with van der Waals surface area (Å²) in [4.78, 5) is 11.4. The van der Waals surface area contributed by atoms with Crippen molar-refractivity contribution in [3.63, 3.8) is 0 Å². The predicted octanol–water partition coefficient (Wildman–Crippen LogP) is 5.32. The maximum absolute atomic E-state index is 12.9. The summed E-state index contributed by atoms with van der Waals surface area (Å²) in [6.07, 6.45) is 8.21. The summed E-state index contributed by atoms with van der Waals surface area (Å²) >= 11 is 0. The van der Waals surface area contributed by atoms with Crippen molar-refractivity contribution in [3.05, 3.63) is 11.8 Å². The zero-order chi connectivity index (χ0) is 22.8. The van der Waals surface area contributed by atoms with Gasteiger partial charge < -0.3 is 8.92 Å². The van der Waals surface area contributed by atoms with E-state index in [2.05, 4.69) is 11.1 Å². The molecule has 0 aromatic heterocycles. The second kappa shape index (κ2) is 7.39. The molecule has 3 saturated carbocycles. The smallest absolute Gasteiger partial charge is 0.463 e. The first-order valence-electron chi connectivity index (χ1n) is 11.2. The lowest BCUT2D eigenvalue weighted by Crippen LogP contribution is -2.54. The third-order valence-electron chi connectivity index (χ3n) is 8.94. The predicted molar refractivity (Wildman–Crippen MR) is 107 cm³/mol. The van der Waals surface area contributed by atoms with Gasteiger partial charge in [0.25, 0.3) is 0 Å². The molecule has 0 aromatic carbocycles. The van der Waals surface area contributed by atoms with Gasteiger partial charge in [-0.25, -0.2) is 0 Å². The van der Waals surface area contributed by atoms with Gasteiger partial charge in [-0.3, -0.25) is 4.79 Å². The highest BCUT2D eigenvalue weighted by molar-refractivity contribution is 7.87. The van der Waals surface area contributed by atoms with E-state index >= 15 is 0 Å². The Morgan fingerprint density at radius 3 is 2.45 bits per heavy atom. The van der Waals surface area contributed by atoms with Gasteiger partial charge in [-0.05, 0) is 86.5 Å². The van der Waals surface area contributed by atoms with Crippen LogP contribution in [0.2, 0.25) is 0 Å². The maximum Gasteiger partial charge on any atom is 0.534 e. The van der Waals surface area contributed by atoms with Gasteiger partial charge in [0.2, 0.25) is 0 Å². The third kappa shape index (κ3) is 3.68. The summed E-state index contributed by atoms with van der Waals surface area (Å²) in [6, 6.07) is 0. The average molecular weight is 465 g/mol. The number of carbonyl (C=O) groups is 1. The Morgan fingerprint density at radius 1 is 1.10 bits per heavy atom. The molecule has 0 N–H and O–H groups in total. The van der Waals surface area contributed by atoms with Crippen LogP contribution < -0.4 is 0 Å². The molecule has 0 radical (unpaired) electrons. The summed E-state index contributed by atoms with van der Waals surface area (Å²) in [7, 11) is -5.66. The molecule has 0 saturated heterocycles. The van der Waals surface area contributed by atoms with Crippen LogP contribution in [0.4, 0.5) is 13.2 Å². The van der Waals surface area contributed by atoms with Crippen molar-refractivity contribution in [2.45, 2.75) is 83.8 Å². The first-order chi connectivity index (χ1) is 14.3. The van der Waals surface area contributed by atoms with Gasteiger partial charge in [-0.1, -0.05) is 13.8 Å². The molecular weight excluding hydrogens is 433 g/mol. The van der Waals surface area contributed by atoms with Crippen molar-refractivity contribution >= 4 is 16.1 Å². The normalized spacial score (nSPS) is 42.6. The SMILES string of the molecule is CC(=O)OC1CC[C@@]2(C)C(CC[C@@H]3[C@@H]2CC[C@]2(C)C(OS(=O)(=O)C(F)(F)F)=CC[C@@H]32)C1. The number of rotatable bonds is 3. The van der Waals surface area contributed by atoms with Crippen LogP contribution in [0, 0.1) is 34.5 Å². The molecule has 0 spiro atoms. The van der Waals surface area contributed by atoms with Crippen LogP contribution in [-0.2, 0) is 23.8 Å². The molecule has 4 aliphatic carbocycles. The topological polar surface area (TPSA) is 69.7 Å². The van der Waals surface area contributed by atoms with Gasteiger partial charge in [0.05, 0.1) is 0 Å². The molecule has 0 heterocycles. The van der Waals surface area contributed by atoms with Crippen LogP contribution in [0.25, 0.3) is 0 Å². The molecule has 176 valence electrons. The fraction of sp³-hybridized carbons (Fsp3) is 0.864. The summed E-state index contributed by atoms with van der Waals surface area (Å²) in [5, 5.41) is 0. The first-order valence-corrected chi connectivity index (χ1v) is 12.6. The number of alkyl halides is 3. The Bertz CT molecular complexity index is 882. The molecule has 4 aliphatic rings. The molecule has 4 rings (SSSR count). The van der Waals surface area contributed by atoms with Crippen LogP contribution >= 0.6 is 0 Å². The Kier molecular flexibility index (Phi) is 5.46. The Hall–Kier alpha value is -1.25. The van der Waals surface area contributed by atoms with Gasteiger partial charge in [-0.2, -0.15) is 21.6 Å². The number of carbonyl (C=O) groups excluding carboxylic acids is 1. The first kappa shape index (κ1) is 22.9. The van der Waals surface area contributed by atoms with Crippen molar-refractivity contribution in [1.82, 2.24) is 0 Å². The van der Waals surface area contributed by atoms with E-state index in [-0.39, 0.29) is 29.2 Å². The lowest BCUT2D eigenvalue weighted by atomic mass is 9.45. The quantitative estimate of drug-likeness (QED) is 0.321. The van der Waals surface area contributed by atoms with E-state index in [9.17, 15) is 26.4 Å². The molecule has 0 aliphatic heterocycles. The van der Waals surface area contributed by atoms with Crippen LogP contribution in [0.3, 0.4) is 0 Å². The fourth-order valence-electron chi connectivity index (χ4n) is 7.38. The summed E-state index contributed by atoms with van der Waals surface area (Å²) in [5.74, 6) is 1.06. The molecule has 0 aromatic rings. The second-order valence-electron chi connectivity index (χ2n) is 10.4. The molecule has 9 heteroatoms. The van der Waals surface area contributed by atoms with Crippen molar-refractivity contribution in [2.24, 2.45) is 34.5 Å². The summed E-state index contributed by atoms with van der Waals surface area (Å²) in [6.45, 7) is 5.64. The molecule has 7 atom stereocenters. The molecule has 31 heavy (non-hydrogen) atoms. The van der Waals surface area contributed by atoms with E-state index in [0.29, 0.717) is 30.6 Å². The van der Waals surface area contributed by atoms with Crippen LogP contribution in [0.5, 0.6) is 0 Å². The average Bonchev–Trinajstić information content (AvgIpc) is 2.96.